The minimum Gasteiger partial charge on any atom is -0.354 e. The van der Waals surface area contributed by atoms with Crippen molar-refractivity contribution in [3.63, 3.8) is 0 Å². The van der Waals surface area contributed by atoms with Gasteiger partial charge in [-0.15, -0.1) is 0 Å². The zero-order valence-corrected chi connectivity index (χ0v) is 9.75. The fraction of sp³-hybridized carbons (Fsp3) is 0.556. The van der Waals surface area contributed by atoms with Crippen LogP contribution in [0.25, 0.3) is 0 Å². The van der Waals surface area contributed by atoms with Crippen molar-refractivity contribution < 1.29 is 8.42 Å². The van der Waals surface area contributed by atoms with Gasteiger partial charge in [0.2, 0.25) is 0 Å². The number of hydrogen-bond donors (Lipinski definition) is 1. The summed E-state index contributed by atoms with van der Waals surface area (Å²) in [7, 11) is -2.90. The lowest BCUT2D eigenvalue weighted by molar-refractivity contribution is 0.586. The van der Waals surface area contributed by atoms with E-state index in [9.17, 15) is 13.2 Å². The van der Waals surface area contributed by atoms with Crippen molar-refractivity contribution in [3.8, 4) is 0 Å². The summed E-state index contributed by atoms with van der Waals surface area (Å²) in [4.78, 5) is 19.8. The molecule has 0 unspecified atom stereocenters. The molecule has 2 rings (SSSR count). The highest BCUT2D eigenvalue weighted by molar-refractivity contribution is 7.91. The van der Waals surface area contributed by atoms with Crippen LogP contribution in [-0.2, 0) is 9.84 Å². The molecule has 0 spiro atoms. The summed E-state index contributed by atoms with van der Waals surface area (Å²) in [6.07, 6.45) is 0. The molecular weight excluding hydrogens is 230 g/mol. The fourth-order valence-corrected chi connectivity index (χ4v) is 2.87. The van der Waals surface area contributed by atoms with Crippen LogP contribution in [0.15, 0.2) is 10.9 Å². The molecule has 88 valence electrons. The van der Waals surface area contributed by atoms with E-state index in [-0.39, 0.29) is 17.1 Å². The molecular formula is C9H13N3O3S. The maximum Gasteiger partial charge on any atom is 0.252 e. The number of rotatable bonds is 1. The van der Waals surface area contributed by atoms with E-state index in [0.717, 1.165) is 0 Å². The summed E-state index contributed by atoms with van der Waals surface area (Å²) in [6.45, 7) is 2.50. The maximum atomic E-state index is 11.2. The minimum atomic E-state index is -2.90. The Morgan fingerprint density at radius 1 is 1.38 bits per heavy atom. The van der Waals surface area contributed by atoms with Crippen LogP contribution in [0.2, 0.25) is 0 Å². The first-order valence-electron chi connectivity index (χ1n) is 5.00. The molecule has 7 heteroatoms. The standard InChI is InChI=1S/C9H13N3O3S/c1-7-10-8(6-9(13)11-7)12-2-4-16(14,15)5-3-12/h6H,2-5H2,1H3,(H,10,11,13). The van der Waals surface area contributed by atoms with Gasteiger partial charge in [0.15, 0.2) is 9.84 Å². The summed E-state index contributed by atoms with van der Waals surface area (Å²) in [6, 6.07) is 1.39. The van der Waals surface area contributed by atoms with Crippen LogP contribution in [0.4, 0.5) is 5.82 Å². The Hall–Kier alpha value is -1.37. The van der Waals surface area contributed by atoms with Crippen LogP contribution in [0.1, 0.15) is 5.82 Å². The van der Waals surface area contributed by atoms with Crippen molar-refractivity contribution in [2.45, 2.75) is 6.92 Å². The third kappa shape index (κ3) is 2.41. The summed E-state index contributed by atoms with van der Waals surface area (Å²) in [5, 5.41) is 0. The van der Waals surface area contributed by atoms with E-state index < -0.39 is 9.84 Å². The summed E-state index contributed by atoms with van der Waals surface area (Å²) in [5.41, 5.74) is -0.212. The Bertz CT molecular complexity index is 535. The van der Waals surface area contributed by atoms with E-state index in [4.69, 9.17) is 0 Å². The second kappa shape index (κ2) is 3.89. The van der Waals surface area contributed by atoms with Crippen LogP contribution >= 0.6 is 0 Å². The Morgan fingerprint density at radius 3 is 2.56 bits per heavy atom. The van der Waals surface area contributed by atoms with Crippen LogP contribution in [0, 0.1) is 6.92 Å². The van der Waals surface area contributed by atoms with E-state index in [0.29, 0.717) is 24.7 Å². The normalized spacial score (nSPS) is 19.7. The van der Waals surface area contributed by atoms with Crippen molar-refractivity contribution in [2.75, 3.05) is 29.5 Å². The molecule has 0 saturated carbocycles. The summed E-state index contributed by atoms with van der Waals surface area (Å²) < 4.78 is 22.5. The molecule has 16 heavy (non-hydrogen) atoms. The number of aromatic amines is 1. The molecule has 1 aromatic rings. The molecule has 0 radical (unpaired) electrons. The lowest BCUT2D eigenvalue weighted by Crippen LogP contribution is -2.41. The lowest BCUT2D eigenvalue weighted by Gasteiger charge is -2.27. The third-order valence-electron chi connectivity index (χ3n) is 2.51. The SMILES string of the molecule is Cc1nc(N2CCS(=O)(=O)CC2)cc(=O)[nH]1. The molecule has 2 heterocycles. The van der Waals surface area contributed by atoms with Gasteiger partial charge in [0, 0.05) is 19.2 Å². The topological polar surface area (TPSA) is 83.1 Å². The number of anilines is 1. The van der Waals surface area contributed by atoms with Gasteiger partial charge in [-0.2, -0.15) is 0 Å². The second-order valence-corrected chi connectivity index (χ2v) is 6.13. The number of nitrogens with zero attached hydrogens (tertiary/aromatic N) is 2. The van der Waals surface area contributed by atoms with Gasteiger partial charge in [0.25, 0.3) is 5.56 Å². The first-order valence-corrected chi connectivity index (χ1v) is 6.82. The van der Waals surface area contributed by atoms with Crippen LogP contribution in [0.3, 0.4) is 0 Å². The maximum absolute atomic E-state index is 11.2. The van der Waals surface area contributed by atoms with E-state index in [1.165, 1.54) is 6.07 Å². The van der Waals surface area contributed by atoms with Gasteiger partial charge < -0.3 is 9.88 Å². The van der Waals surface area contributed by atoms with Gasteiger partial charge in [-0.3, -0.25) is 4.79 Å². The average molecular weight is 243 g/mol. The monoisotopic (exact) mass is 243 g/mol. The second-order valence-electron chi connectivity index (χ2n) is 3.83. The van der Waals surface area contributed by atoms with Crippen molar-refractivity contribution in [1.29, 1.82) is 0 Å². The van der Waals surface area contributed by atoms with E-state index in [2.05, 4.69) is 9.97 Å². The molecule has 6 nitrogen and oxygen atoms in total. The van der Waals surface area contributed by atoms with Crippen LogP contribution < -0.4 is 10.5 Å². The molecule has 1 aromatic heterocycles. The van der Waals surface area contributed by atoms with Gasteiger partial charge in [0.1, 0.15) is 11.6 Å². The minimum absolute atomic E-state index is 0.126. The van der Waals surface area contributed by atoms with E-state index in [1.54, 1.807) is 6.92 Å². The number of nitrogens with one attached hydrogen (secondary N) is 1. The first kappa shape index (κ1) is 11.1. The quantitative estimate of drug-likeness (QED) is 0.706. The summed E-state index contributed by atoms with van der Waals surface area (Å²) >= 11 is 0. The van der Waals surface area contributed by atoms with Crippen molar-refractivity contribution in [3.05, 3.63) is 22.2 Å². The fourth-order valence-electron chi connectivity index (χ4n) is 1.67. The van der Waals surface area contributed by atoms with Gasteiger partial charge in [-0.05, 0) is 6.92 Å². The van der Waals surface area contributed by atoms with Gasteiger partial charge >= 0.3 is 0 Å². The molecule has 1 N–H and O–H groups in total. The zero-order valence-electron chi connectivity index (χ0n) is 8.93. The summed E-state index contributed by atoms with van der Waals surface area (Å²) in [5.74, 6) is 1.34. The van der Waals surface area contributed by atoms with Crippen molar-refractivity contribution >= 4 is 15.7 Å². The predicted molar refractivity (Wildman–Crippen MR) is 60.5 cm³/mol. The third-order valence-corrected chi connectivity index (χ3v) is 4.12. The molecule has 1 aliphatic rings. The highest BCUT2D eigenvalue weighted by Crippen LogP contribution is 2.12. The number of H-pyrrole nitrogens is 1. The first-order chi connectivity index (χ1) is 7.46. The Morgan fingerprint density at radius 2 is 2.00 bits per heavy atom. The number of sulfone groups is 1. The number of aryl methyl sites for hydroxylation is 1. The zero-order chi connectivity index (χ0) is 11.8. The van der Waals surface area contributed by atoms with Crippen LogP contribution in [-0.4, -0.2) is 43.0 Å². The lowest BCUT2D eigenvalue weighted by atomic mass is 10.4. The average Bonchev–Trinajstić information content (AvgIpc) is 2.15. The Labute approximate surface area is 93.2 Å². The van der Waals surface area contributed by atoms with Gasteiger partial charge in [-0.1, -0.05) is 0 Å². The van der Waals surface area contributed by atoms with E-state index >= 15 is 0 Å². The van der Waals surface area contributed by atoms with Gasteiger partial charge in [-0.25, -0.2) is 13.4 Å². The molecule has 1 aliphatic heterocycles. The smallest absolute Gasteiger partial charge is 0.252 e. The predicted octanol–water partition coefficient (Wildman–Crippen LogP) is -0.687. The molecule has 0 atom stereocenters. The molecule has 0 amide bonds. The molecule has 1 saturated heterocycles. The highest BCUT2D eigenvalue weighted by atomic mass is 32.2. The largest absolute Gasteiger partial charge is 0.354 e. The Kier molecular flexibility index (Phi) is 2.71. The van der Waals surface area contributed by atoms with Crippen molar-refractivity contribution in [1.82, 2.24) is 9.97 Å². The van der Waals surface area contributed by atoms with Crippen molar-refractivity contribution in [2.24, 2.45) is 0 Å². The highest BCUT2D eigenvalue weighted by Gasteiger charge is 2.22. The van der Waals surface area contributed by atoms with E-state index in [1.807, 2.05) is 4.90 Å². The van der Waals surface area contributed by atoms with Crippen LogP contribution in [0.5, 0.6) is 0 Å². The molecule has 0 bridgehead atoms. The Balaban J connectivity index is 2.23. The molecule has 0 aliphatic carbocycles. The molecule has 1 fully saturated rings. The molecule has 0 aromatic carbocycles. The van der Waals surface area contributed by atoms with Gasteiger partial charge in [0.05, 0.1) is 11.5 Å². The number of hydrogen-bond acceptors (Lipinski definition) is 5. The number of aromatic nitrogens is 2.